The first-order valence-electron chi connectivity index (χ1n) is 7.21. The fourth-order valence-corrected chi connectivity index (χ4v) is 2.49. The quantitative estimate of drug-likeness (QED) is 0.665. The molecule has 0 aromatic carbocycles. The third-order valence-electron chi connectivity index (χ3n) is 3.74. The third-order valence-corrected chi connectivity index (χ3v) is 3.74. The first kappa shape index (κ1) is 14.0. The summed E-state index contributed by atoms with van der Waals surface area (Å²) in [7, 11) is 0. The second-order valence-electron chi connectivity index (χ2n) is 5.84. The van der Waals surface area contributed by atoms with Crippen LogP contribution in [0.4, 0.5) is 5.82 Å². The van der Waals surface area contributed by atoms with Gasteiger partial charge in [-0.25, -0.2) is 4.98 Å². The van der Waals surface area contributed by atoms with E-state index < -0.39 is 5.60 Å². The van der Waals surface area contributed by atoms with E-state index in [1.807, 2.05) is 12.1 Å². The van der Waals surface area contributed by atoms with Gasteiger partial charge >= 0.3 is 0 Å². The zero-order valence-corrected chi connectivity index (χ0v) is 12.4. The normalized spacial score (nSPS) is 18.7. The van der Waals surface area contributed by atoms with Gasteiger partial charge in [-0.05, 0) is 32.9 Å². The Kier molecular flexibility index (Phi) is 3.65. The Bertz CT molecular complexity index is 583. The molecule has 3 heterocycles. The van der Waals surface area contributed by atoms with Gasteiger partial charge in [-0.2, -0.15) is 0 Å². The number of hydrogen-bond acceptors (Lipinski definition) is 6. The third kappa shape index (κ3) is 3.06. The molecule has 0 atom stereocenters. The van der Waals surface area contributed by atoms with Gasteiger partial charge in [-0.15, -0.1) is 0 Å². The summed E-state index contributed by atoms with van der Waals surface area (Å²) in [5.74, 6) is 1.75. The number of hydrogen-bond donors (Lipinski definition) is 4. The molecule has 21 heavy (non-hydrogen) atoms. The van der Waals surface area contributed by atoms with Gasteiger partial charge in [0.05, 0.1) is 11.3 Å². The lowest BCUT2D eigenvalue weighted by atomic mass is 10.0. The Labute approximate surface area is 124 Å². The number of aromatic nitrogens is 1. The van der Waals surface area contributed by atoms with E-state index in [1.54, 1.807) is 20.0 Å². The summed E-state index contributed by atoms with van der Waals surface area (Å²) < 4.78 is 0. The largest absolute Gasteiger partial charge is 0.386 e. The first-order valence-corrected chi connectivity index (χ1v) is 7.21. The van der Waals surface area contributed by atoms with Crippen LogP contribution in [-0.4, -0.2) is 35.6 Å². The van der Waals surface area contributed by atoms with Crippen LogP contribution in [0.2, 0.25) is 0 Å². The molecule has 1 fully saturated rings. The second kappa shape index (κ2) is 5.46. The van der Waals surface area contributed by atoms with Crippen LogP contribution in [0.25, 0.3) is 0 Å². The van der Waals surface area contributed by atoms with Gasteiger partial charge in [-0.3, -0.25) is 4.99 Å². The minimum absolute atomic E-state index is 0.588. The van der Waals surface area contributed by atoms with Crippen LogP contribution in [0.3, 0.4) is 0 Å². The van der Waals surface area contributed by atoms with Crippen molar-refractivity contribution in [1.29, 1.82) is 0 Å². The maximum Gasteiger partial charge on any atom is 0.131 e. The van der Waals surface area contributed by atoms with E-state index in [9.17, 15) is 5.11 Å². The maximum absolute atomic E-state index is 9.95. The summed E-state index contributed by atoms with van der Waals surface area (Å²) in [5, 5.41) is 19.9. The van der Waals surface area contributed by atoms with Crippen LogP contribution >= 0.6 is 0 Å². The van der Waals surface area contributed by atoms with E-state index in [4.69, 9.17) is 0 Å². The number of aliphatic hydroxyl groups is 1. The van der Waals surface area contributed by atoms with Gasteiger partial charge in [-0.1, -0.05) is 6.07 Å². The molecular formula is C15H21N5O. The van der Waals surface area contributed by atoms with Gasteiger partial charge in [0.25, 0.3) is 0 Å². The number of piperidine rings is 1. The zero-order valence-electron chi connectivity index (χ0n) is 12.4. The molecule has 6 nitrogen and oxygen atoms in total. The van der Waals surface area contributed by atoms with E-state index in [0.717, 1.165) is 42.4 Å². The molecule has 1 saturated heterocycles. The van der Waals surface area contributed by atoms with Crippen molar-refractivity contribution in [3.8, 4) is 0 Å². The Morgan fingerprint density at radius 2 is 2.19 bits per heavy atom. The van der Waals surface area contributed by atoms with Crippen LogP contribution < -0.4 is 16.0 Å². The van der Waals surface area contributed by atoms with E-state index in [2.05, 4.69) is 25.9 Å². The Morgan fingerprint density at radius 1 is 1.33 bits per heavy atom. The Hall–Kier alpha value is -1.92. The molecule has 4 N–H and O–H groups in total. The monoisotopic (exact) mass is 287 g/mol. The minimum Gasteiger partial charge on any atom is -0.386 e. The maximum atomic E-state index is 9.95. The molecule has 0 spiro atoms. The number of rotatable bonds is 3. The topological polar surface area (TPSA) is 81.6 Å². The van der Waals surface area contributed by atoms with Crippen LogP contribution in [0.15, 0.2) is 34.7 Å². The van der Waals surface area contributed by atoms with Crippen LogP contribution in [0.1, 0.15) is 25.8 Å². The highest BCUT2D eigenvalue weighted by molar-refractivity contribution is 6.03. The minimum atomic E-state index is -0.870. The number of aliphatic imine (C=N–C) groups is 1. The van der Waals surface area contributed by atoms with Gasteiger partial charge in [0.1, 0.15) is 18.3 Å². The van der Waals surface area contributed by atoms with Crippen molar-refractivity contribution in [1.82, 2.24) is 15.6 Å². The molecule has 1 aromatic heterocycles. The molecule has 0 amide bonds. The van der Waals surface area contributed by atoms with Crippen molar-refractivity contribution in [2.45, 2.75) is 25.9 Å². The van der Waals surface area contributed by atoms with Crippen molar-refractivity contribution < 1.29 is 5.11 Å². The van der Waals surface area contributed by atoms with Gasteiger partial charge < -0.3 is 21.1 Å². The summed E-state index contributed by atoms with van der Waals surface area (Å²) in [5.41, 5.74) is 2.28. The fraction of sp³-hybridized carbons (Fsp3) is 0.467. The molecule has 0 bridgehead atoms. The molecule has 2 aliphatic rings. The number of nitrogens with zero attached hydrogens (tertiary/aromatic N) is 2. The van der Waals surface area contributed by atoms with Crippen molar-refractivity contribution in [3.05, 3.63) is 35.3 Å². The average molecular weight is 287 g/mol. The molecule has 0 saturated carbocycles. The highest BCUT2D eigenvalue weighted by Gasteiger charge is 2.21. The smallest absolute Gasteiger partial charge is 0.131 e. The Morgan fingerprint density at radius 3 is 2.90 bits per heavy atom. The lowest BCUT2D eigenvalue weighted by molar-refractivity contribution is 0.0782. The standard InChI is InChI=1S/C15H21N5O/c1-15(2,21)10-3-4-13(17-7-10)20-14-11-5-6-16-8-12(11)18-9-19-14/h3-4,7,16,19,21H,5-6,8-9H2,1-2H3,(H,17,20). The number of pyridine rings is 1. The molecule has 0 unspecified atom stereocenters. The van der Waals surface area contributed by atoms with Crippen molar-refractivity contribution in [2.75, 3.05) is 25.1 Å². The first-order chi connectivity index (χ1) is 10.0. The molecule has 6 heteroatoms. The van der Waals surface area contributed by atoms with Crippen LogP contribution in [0, 0.1) is 0 Å². The molecule has 1 aromatic rings. The van der Waals surface area contributed by atoms with E-state index in [1.165, 1.54) is 5.57 Å². The molecule has 2 aliphatic heterocycles. The summed E-state index contributed by atoms with van der Waals surface area (Å²) in [6, 6.07) is 3.77. The second-order valence-corrected chi connectivity index (χ2v) is 5.84. The fourth-order valence-electron chi connectivity index (χ4n) is 2.49. The van der Waals surface area contributed by atoms with Crippen LogP contribution in [-0.2, 0) is 5.60 Å². The molecular weight excluding hydrogens is 266 g/mol. The predicted octanol–water partition coefficient (Wildman–Crippen LogP) is 0.927. The van der Waals surface area contributed by atoms with E-state index >= 15 is 0 Å². The van der Waals surface area contributed by atoms with Crippen molar-refractivity contribution in [2.24, 2.45) is 4.99 Å². The average Bonchev–Trinajstić information content (AvgIpc) is 2.47. The predicted molar refractivity (Wildman–Crippen MR) is 83.1 cm³/mol. The van der Waals surface area contributed by atoms with Crippen LogP contribution in [0.5, 0.6) is 0 Å². The number of anilines is 1. The highest BCUT2D eigenvalue weighted by Crippen LogP contribution is 2.21. The van der Waals surface area contributed by atoms with Crippen molar-refractivity contribution >= 4 is 11.5 Å². The molecule has 3 rings (SSSR count). The highest BCUT2D eigenvalue weighted by atomic mass is 16.3. The number of nitrogens with one attached hydrogen (secondary N) is 3. The van der Waals surface area contributed by atoms with Gasteiger partial charge in [0, 0.05) is 23.9 Å². The lowest BCUT2D eigenvalue weighted by Crippen LogP contribution is -2.39. The van der Waals surface area contributed by atoms with Crippen molar-refractivity contribution in [3.63, 3.8) is 0 Å². The summed E-state index contributed by atoms with van der Waals surface area (Å²) in [4.78, 5) is 8.86. The SMILES string of the molecule is CC(C)(O)c1ccc(NC2=C3CCNCC3=NCN2)nc1. The molecule has 0 radical (unpaired) electrons. The van der Waals surface area contributed by atoms with E-state index in [-0.39, 0.29) is 0 Å². The Balaban J connectivity index is 1.80. The summed E-state index contributed by atoms with van der Waals surface area (Å²) in [6.07, 6.45) is 2.66. The number of fused-ring (bicyclic) bond motifs is 1. The zero-order chi connectivity index (χ0) is 14.9. The molecule has 0 aliphatic carbocycles. The molecule has 112 valence electrons. The van der Waals surface area contributed by atoms with E-state index in [0.29, 0.717) is 6.67 Å². The lowest BCUT2D eigenvalue weighted by Gasteiger charge is -2.27. The summed E-state index contributed by atoms with van der Waals surface area (Å²) >= 11 is 0. The van der Waals surface area contributed by atoms with Gasteiger partial charge in [0.15, 0.2) is 0 Å². The van der Waals surface area contributed by atoms with Gasteiger partial charge in [0.2, 0.25) is 0 Å². The summed E-state index contributed by atoms with van der Waals surface area (Å²) in [6.45, 7) is 5.88.